The van der Waals surface area contributed by atoms with Crippen LogP contribution < -0.4 is 0 Å². The first-order valence-electron chi connectivity index (χ1n) is 5.27. The average molecular weight is 256 g/mol. The number of thiophene rings is 1. The molecule has 17 heavy (non-hydrogen) atoms. The predicted octanol–water partition coefficient (Wildman–Crippen LogP) is 1.71. The summed E-state index contributed by atoms with van der Waals surface area (Å²) >= 11 is 1.57. The van der Waals surface area contributed by atoms with E-state index in [2.05, 4.69) is 0 Å². The van der Waals surface area contributed by atoms with Crippen LogP contribution in [0.15, 0.2) is 16.8 Å². The number of urea groups is 1. The van der Waals surface area contributed by atoms with Gasteiger partial charge in [0, 0.05) is 20.1 Å². The van der Waals surface area contributed by atoms with Gasteiger partial charge in [0.05, 0.1) is 0 Å². The molecular weight excluding hydrogens is 240 g/mol. The molecule has 0 radical (unpaired) electrons. The van der Waals surface area contributed by atoms with Crippen molar-refractivity contribution in [1.29, 1.82) is 0 Å². The molecule has 94 valence electrons. The second-order valence-electron chi connectivity index (χ2n) is 3.68. The van der Waals surface area contributed by atoms with Crippen molar-refractivity contribution in [1.82, 2.24) is 9.80 Å². The molecule has 6 heteroatoms. The van der Waals surface area contributed by atoms with E-state index in [1.54, 1.807) is 25.3 Å². The van der Waals surface area contributed by atoms with E-state index in [1.807, 2.05) is 16.8 Å². The van der Waals surface area contributed by atoms with Gasteiger partial charge in [0.25, 0.3) is 0 Å². The Morgan fingerprint density at radius 3 is 2.65 bits per heavy atom. The first-order chi connectivity index (χ1) is 8.04. The molecule has 1 rings (SSSR count). The molecule has 1 aromatic heterocycles. The Bertz CT molecular complexity index is 378. The maximum absolute atomic E-state index is 11.9. The number of aliphatic carboxylic acids is 1. The summed E-state index contributed by atoms with van der Waals surface area (Å²) in [5.41, 5.74) is 1.05. The molecule has 1 N–H and O–H groups in total. The summed E-state index contributed by atoms with van der Waals surface area (Å²) in [5.74, 6) is -0.996. The van der Waals surface area contributed by atoms with Gasteiger partial charge in [0.1, 0.15) is 6.54 Å². The lowest BCUT2D eigenvalue weighted by Crippen LogP contribution is -2.43. The lowest BCUT2D eigenvalue weighted by molar-refractivity contribution is -0.137. The SMILES string of the molecule is CCN(CC(=O)O)C(=O)N(C)Cc1ccsc1. The van der Waals surface area contributed by atoms with E-state index in [9.17, 15) is 9.59 Å². The summed E-state index contributed by atoms with van der Waals surface area (Å²) in [7, 11) is 1.67. The third-order valence-corrected chi connectivity index (χ3v) is 3.04. The second-order valence-corrected chi connectivity index (χ2v) is 4.46. The number of hydrogen-bond acceptors (Lipinski definition) is 3. The molecular formula is C11H16N2O3S. The Hall–Kier alpha value is -1.56. The van der Waals surface area contributed by atoms with Crippen molar-refractivity contribution >= 4 is 23.3 Å². The fraction of sp³-hybridized carbons (Fsp3) is 0.455. The van der Waals surface area contributed by atoms with Crippen molar-refractivity contribution in [2.45, 2.75) is 13.5 Å². The monoisotopic (exact) mass is 256 g/mol. The summed E-state index contributed by atoms with van der Waals surface area (Å²) in [4.78, 5) is 25.4. The normalized spacial score (nSPS) is 10.0. The standard InChI is InChI=1S/C11H16N2O3S/c1-3-13(7-10(14)15)11(16)12(2)6-9-4-5-17-8-9/h4-5,8H,3,6-7H2,1-2H3,(H,14,15). The molecule has 0 spiro atoms. The van der Waals surface area contributed by atoms with Gasteiger partial charge in [-0.3, -0.25) is 4.79 Å². The number of amides is 2. The highest BCUT2D eigenvalue weighted by Crippen LogP contribution is 2.09. The number of rotatable bonds is 5. The Labute approximate surface area is 104 Å². The van der Waals surface area contributed by atoms with Crippen LogP contribution in [0.5, 0.6) is 0 Å². The molecule has 0 bridgehead atoms. The van der Waals surface area contributed by atoms with Crippen LogP contribution >= 0.6 is 11.3 Å². The first-order valence-corrected chi connectivity index (χ1v) is 6.21. The number of carboxylic acids is 1. The molecule has 0 aliphatic heterocycles. The highest BCUT2D eigenvalue weighted by molar-refractivity contribution is 7.07. The highest BCUT2D eigenvalue weighted by atomic mass is 32.1. The highest BCUT2D eigenvalue weighted by Gasteiger charge is 2.18. The van der Waals surface area contributed by atoms with Crippen LogP contribution in [0.3, 0.4) is 0 Å². The fourth-order valence-electron chi connectivity index (χ4n) is 1.44. The molecule has 0 saturated heterocycles. The minimum Gasteiger partial charge on any atom is -0.480 e. The van der Waals surface area contributed by atoms with E-state index in [0.29, 0.717) is 13.1 Å². The molecule has 0 unspecified atom stereocenters. The van der Waals surface area contributed by atoms with Crippen molar-refractivity contribution in [3.8, 4) is 0 Å². The summed E-state index contributed by atoms with van der Waals surface area (Å²) in [5, 5.41) is 12.6. The second kappa shape index (κ2) is 6.24. The predicted molar refractivity (Wildman–Crippen MR) is 66.1 cm³/mol. The van der Waals surface area contributed by atoms with Crippen LogP contribution in [0.2, 0.25) is 0 Å². The molecule has 0 aliphatic carbocycles. The van der Waals surface area contributed by atoms with Gasteiger partial charge in [0.15, 0.2) is 0 Å². The summed E-state index contributed by atoms with van der Waals surface area (Å²) in [6.07, 6.45) is 0. The van der Waals surface area contributed by atoms with E-state index >= 15 is 0 Å². The van der Waals surface area contributed by atoms with Gasteiger partial charge in [0.2, 0.25) is 0 Å². The number of nitrogens with zero attached hydrogens (tertiary/aromatic N) is 2. The number of carboxylic acid groups (broad SMARTS) is 1. The largest absolute Gasteiger partial charge is 0.480 e. The van der Waals surface area contributed by atoms with Gasteiger partial charge in [-0.15, -0.1) is 0 Å². The Balaban J connectivity index is 2.57. The molecule has 1 aromatic rings. The van der Waals surface area contributed by atoms with Crippen LogP contribution in [0, 0.1) is 0 Å². The van der Waals surface area contributed by atoms with Gasteiger partial charge in [-0.05, 0) is 29.3 Å². The van der Waals surface area contributed by atoms with E-state index in [1.165, 1.54) is 9.80 Å². The number of hydrogen-bond donors (Lipinski definition) is 1. The zero-order chi connectivity index (χ0) is 12.8. The topological polar surface area (TPSA) is 60.9 Å². The molecule has 0 aliphatic rings. The number of likely N-dealkylation sites (N-methyl/N-ethyl adjacent to an activating group) is 1. The third kappa shape index (κ3) is 4.07. The molecule has 0 aromatic carbocycles. The number of carbonyl (C=O) groups is 2. The smallest absolute Gasteiger partial charge is 0.323 e. The van der Waals surface area contributed by atoms with E-state index in [4.69, 9.17) is 5.11 Å². The third-order valence-electron chi connectivity index (χ3n) is 2.30. The lowest BCUT2D eigenvalue weighted by Gasteiger charge is -2.25. The molecule has 0 atom stereocenters. The molecule has 2 amide bonds. The van der Waals surface area contributed by atoms with E-state index in [-0.39, 0.29) is 12.6 Å². The fourth-order valence-corrected chi connectivity index (χ4v) is 2.10. The minimum absolute atomic E-state index is 0.261. The first kappa shape index (κ1) is 13.5. The van der Waals surface area contributed by atoms with Crippen LogP contribution in [0.25, 0.3) is 0 Å². The zero-order valence-electron chi connectivity index (χ0n) is 9.92. The van der Waals surface area contributed by atoms with Crippen molar-refractivity contribution < 1.29 is 14.7 Å². The van der Waals surface area contributed by atoms with Crippen molar-refractivity contribution in [3.63, 3.8) is 0 Å². The maximum Gasteiger partial charge on any atom is 0.323 e. The molecule has 0 saturated carbocycles. The average Bonchev–Trinajstić information content (AvgIpc) is 2.77. The summed E-state index contributed by atoms with van der Waals surface area (Å²) in [6, 6.07) is 1.68. The van der Waals surface area contributed by atoms with Gasteiger partial charge in [-0.25, -0.2) is 4.79 Å². The molecule has 1 heterocycles. The lowest BCUT2D eigenvalue weighted by atomic mass is 10.3. The minimum atomic E-state index is -0.996. The van der Waals surface area contributed by atoms with Gasteiger partial charge < -0.3 is 14.9 Å². The summed E-state index contributed by atoms with van der Waals surface area (Å²) < 4.78 is 0. The van der Waals surface area contributed by atoms with Crippen LogP contribution in [-0.4, -0.2) is 47.0 Å². The Kier molecular flexibility index (Phi) is 4.96. The Morgan fingerprint density at radius 1 is 1.47 bits per heavy atom. The summed E-state index contributed by atoms with van der Waals surface area (Å²) in [6.45, 7) is 2.39. The quantitative estimate of drug-likeness (QED) is 0.872. The zero-order valence-corrected chi connectivity index (χ0v) is 10.7. The Morgan fingerprint density at radius 2 is 2.18 bits per heavy atom. The van der Waals surface area contributed by atoms with E-state index < -0.39 is 5.97 Å². The van der Waals surface area contributed by atoms with E-state index in [0.717, 1.165) is 5.56 Å². The van der Waals surface area contributed by atoms with Crippen molar-refractivity contribution in [3.05, 3.63) is 22.4 Å². The van der Waals surface area contributed by atoms with Gasteiger partial charge in [-0.2, -0.15) is 11.3 Å². The maximum atomic E-state index is 11.9. The van der Waals surface area contributed by atoms with Crippen molar-refractivity contribution in [2.24, 2.45) is 0 Å². The molecule has 5 nitrogen and oxygen atoms in total. The van der Waals surface area contributed by atoms with Gasteiger partial charge >= 0.3 is 12.0 Å². The van der Waals surface area contributed by atoms with Gasteiger partial charge in [-0.1, -0.05) is 0 Å². The number of carbonyl (C=O) groups excluding carboxylic acids is 1. The van der Waals surface area contributed by atoms with Crippen LogP contribution in [0.1, 0.15) is 12.5 Å². The molecule has 0 fully saturated rings. The van der Waals surface area contributed by atoms with Crippen LogP contribution in [0.4, 0.5) is 4.79 Å². The van der Waals surface area contributed by atoms with Crippen molar-refractivity contribution in [2.75, 3.05) is 20.1 Å². The van der Waals surface area contributed by atoms with Crippen LogP contribution in [-0.2, 0) is 11.3 Å².